The maximum atomic E-state index is 11.2. The van der Waals surface area contributed by atoms with Gasteiger partial charge in [0.2, 0.25) is 5.91 Å². The minimum absolute atomic E-state index is 0.111. The van der Waals surface area contributed by atoms with Crippen LogP contribution in [0.5, 0.6) is 0 Å². The number of rotatable bonds is 2. The van der Waals surface area contributed by atoms with Crippen LogP contribution in [-0.4, -0.2) is 36.3 Å². The number of carbonyl (C=O) groups excluding carboxylic acids is 1. The number of hydrogen-bond acceptors (Lipinski definition) is 2. The standard InChI is InChI=1S/C14H20N2O/c1-11(17)16(3)9-12-4-5-13-6-7-15(2)10-14(13)8-12/h4-5,8H,6-7,9-10H2,1-3H3. The molecular weight excluding hydrogens is 212 g/mol. The van der Waals surface area contributed by atoms with E-state index in [4.69, 9.17) is 0 Å². The van der Waals surface area contributed by atoms with Crippen molar-refractivity contribution in [1.29, 1.82) is 0 Å². The Morgan fingerprint density at radius 1 is 1.41 bits per heavy atom. The van der Waals surface area contributed by atoms with Crippen molar-refractivity contribution in [3.63, 3.8) is 0 Å². The molecule has 1 amide bonds. The molecule has 0 atom stereocenters. The molecule has 17 heavy (non-hydrogen) atoms. The summed E-state index contributed by atoms with van der Waals surface area (Å²) in [5.74, 6) is 0.111. The molecule has 0 spiro atoms. The Morgan fingerprint density at radius 2 is 2.18 bits per heavy atom. The molecule has 0 N–H and O–H groups in total. The molecule has 1 aromatic carbocycles. The second kappa shape index (κ2) is 4.88. The van der Waals surface area contributed by atoms with E-state index in [2.05, 4.69) is 30.1 Å². The lowest BCUT2D eigenvalue weighted by molar-refractivity contribution is -0.128. The third-order valence-corrected chi connectivity index (χ3v) is 3.43. The van der Waals surface area contributed by atoms with Crippen molar-refractivity contribution >= 4 is 5.91 Å². The Bertz CT molecular complexity index is 428. The molecule has 92 valence electrons. The SMILES string of the molecule is CC(=O)N(C)Cc1ccc2c(c1)CN(C)CC2. The highest BCUT2D eigenvalue weighted by molar-refractivity contribution is 5.72. The highest BCUT2D eigenvalue weighted by Gasteiger charge is 2.13. The van der Waals surface area contributed by atoms with Crippen molar-refractivity contribution in [1.82, 2.24) is 9.80 Å². The van der Waals surface area contributed by atoms with Gasteiger partial charge in [-0.05, 0) is 30.2 Å². The summed E-state index contributed by atoms with van der Waals surface area (Å²) >= 11 is 0. The lowest BCUT2D eigenvalue weighted by Gasteiger charge is -2.26. The summed E-state index contributed by atoms with van der Waals surface area (Å²) < 4.78 is 0. The maximum absolute atomic E-state index is 11.2. The molecule has 3 nitrogen and oxygen atoms in total. The van der Waals surface area contributed by atoms with Gasteiger partial charge in [0.05, 0.1) is 0 Å². The molecular formula is C14H20N2O. The third-order valence-electron chi connectivity index (χ3n) is 3.43. The number of benzene rings is 1. The molecule has 0 bridgehead atoms. The van der Waals surface area contributed by atoms with Gasteiger partial charge in [0.15, 0.2) is 0 Å². The van der Waals surface area contributed by atoms with Gasteiger partial charge in [-0.1, -0.05) is 18.2 Å². The Kier molecular flexibility index (Phi) is 3.48. The second-order valence-corrected chi connectivity index (χ2v) is 4.97. The zero-order valence-electron chi connectivity index (χ0n) is 10.9. The number of fused-ring (bicyclic) bond motifs is 1. The third kappa shape index (κ3) is 2.86. The Balaban J connectivity index is 2.15. The summed E-state index contributed by atoms with van der Waals surface area (Å²) in [5, 5.41) is 0. The Morgan fingerprint density at radius 3 is 2.88 bits per heavy atom. The predicted octanol–water partition coefficient (Wildman–Crippen LogP) is 1.65. The van der Waals surface area contributed by atoms with Gasteiger partial charge in [0.25, 0.3) is 0 Å². The Labute approximate surface area is 103 Å². The van der Waals surface area contributed by atoms with Crippen molar-refractivity contribution < 1.29 is 4.79 Å². The van der Waals surface area contributed by atoms with E-state index in [0.29, 0.717) is 6.54 Å². The molecule has 0 fully saturated rings. The maximum Gasteiger partial charge on any atom is 0.219 e. The van der Waals surface area contributed by atoms with E-state index < -0.39 is 0 Å². The van der Waals surface area contributed by atoms with Crippen LogP contribution < -0.4 is 0 Å². The van der Waals surface area contributed by atoms with Gasteiger partial charge in [-0.2, -0.15) is 0 Å². The summed E-state index contributed by atoms with van der Waals surface area (Å²) in [6.45, 7) is 4.46. The van der Waals surface area contributed by atoms with Crippen LogP contribution in [0.4, 0.5) is 0 Å². The normalized spacial score (nSPS) is 15.5. The first-order chi connectivity index (χ1) is 8.06. The van der Waals surface area contributed by atoms with Gasteiger partial charge in [-0.3, -0.25) is 4.79 Å². The summed E-state index contributed by atoms with van der Waals surface area (Å²) in [7, 11) is 3.99. The van der Waals surface area contributed by atoms with Crippen LogP contribution in [0, 0.1) is 0 Å². The van der Waals surface area contributed by atoms with Crippen LogP contribution >= 0.6 is 0 Å². The average molecular weight is 232 g/mol. The van der Waals surface area contributed by atoms with E-state index in [1.165, 1.54) is 16.7 Å². The molecule has 0 saturated heterocycles. The first kappa shape index (κ1) is 12.1. The Hall–Kier alpha value is -1.35. The largest absolute Gasteiger partial charge is 0.342 e. The smallest absolute Gasteiger partial charge is 0.219 e. The number of carbonyl (C=O) groups is 1. The van der Waals surface area contributed by atoms with E-state index in [9.17, 15) is 4.79 Å². The number of nitrogens with zero attached hydrogens (tertiary/aromatic N) is 2. The number of hydrogen-bond donors (Lipinski definition) is 0. The molecule has 3 heteroatoms. The fourth-order valence-electron chi connectivity index (χ4n) is 2.24. The van der Waals surface area contributed by atoms with Gasteiger partial charge in [0, 0.05) is 33.6 Å². The van der Waals surface area contributed by atoms with Crippen molar-refractivity contribution in [2.45, 2.75) is 26.4 Å². The van der Waals surface area contributed by atoms with Crippen LogP contribution in [-0.2, 0) is 24.3 Å². The van der Waals surface area contributed by atoms with Gasteiger partial charge in [-0.15, -0.1) is 0 Å². The molecule has 0 saturated carbocycles. The van der Waals surface area contributed by atoms with Crippen LogP contribution in [0.1, 0.15) is 23.6 Å². The molecule has 1 heterocycles. The molecule has 0 radical (unpaired) electrons. The van der Waals surface area contributed by atoms with Gasteiger partial charge >= 0.3 is 0 Å². The van der Waals surface area contributed by atoms with Crippen LogP contribution in [0.3, 0.4) is 0 Å². The molecule has 0 unspecified atom stereocenters. The zero-order chi connectivity index (χ0) is 12.4. The number of likely N-dealkylation sites (N-methyl/N-ethyl adjacent to an activating group) is 1. The van der Waals surface area contributed by atoms with Crippen molar-refractivity contribution in [2.75, 3.05) is 20.6 Å². The van der Waals surface area contributed by atoms with Crippen LogP contribution in [0.15, 0.2) is 18.2 Å². The molecule has 1 aromatic rings. The minimum atomic E-state index is 0.111. The molecule has 0 aromatic heterocycles. The molecule has 0 aliphatic carbocycles. The van der Waals surface area contributed by atoms with Crippen molar-refractivity contribution in [3.05, 3.63) is 34.9 Å². The lowest BCUT2D eigenvalue weighted by Crippen LogP contribution is -2.27. The zero-order valence-corrected chi connectivity index (χ0v) is 10.9. The van der Waals surface area contributed by atoms with Gasteiger partial charge in [-0.25, -0.2) is 0 Å². The fourth-order valence-corrected chi connectivity index (χ4v) is 2.24. The number of amides is 1. The summed E-state index contributed by atoms with van der Waals surface area (Å²) in [6.07, 6.45) is 1.13. The lowest BCUT2D eigenvalue weighted by atomic mass is 9.97. The van der Waals surface area contributed by atoms with Crippen molar-refractivity contribution in [2.24, 2.45) is 0 Å². The fraction of sp³-hybridized carbons (Fsp3) is 0.500. The highest BCUT2D eigenvalue weighted by Crippen LogP contribution is 2.20. The van der Waals surface area contributed by atoms with E-state index in [1.807, 2.05) is 7.05 Å². The summed E-state index contributed by atoms with van der Waals surface area (Å²) in [6, 6.07) is 6.60. The van der Waals surface area contributed by atoms with E-state index in [1.54, 1.807) is 11.8 Å². The average Bonchev–Trinajstić information content (AvgIpc) is 2.28. The molecule has 1 aliphatic rings. The first-order valence-electron chi connectivity index (χ1n) is 6.07. The summed E-state index contributed by atoms with van der Waals surface area (Å²) in [4.78, 5) is 15.3. The van der Waals surface area contributed by atoms with Crippen LogP contribution in [0.25, 0.3) is 0 Å². The van der Waals surface area contributed by atoms with Gasteiger partial charge in [0.1, 0.15) is 0 Å². The highest BCUT2D eigenvalue weighted by atomic mass is 16.2. The van der Waals surface area contributed by atoms with E-state index >= 15 is 0 Å². The summed E-state index contributed by atoms with van der Waals surface area (Å²) in [5.41, 5.74) is 4.09. The van der Waals surface area contributed by atoms with Crippen molar-refractivity contribution in [3.8, 4) is 0 Å². The monoisotopic (exact) mass is 232 g/mol. The second-order valence-electron chi connectivity index (χ2n) is 4.97. The van der Waals surface area contributed by atoms with Gasteiger partial charge < -0.3 is 9.80 Å². The minimum Gasteiger partial charge on any atom is -0.342 e. The molecule has 2 rings (SSSR count). The quantitative estimate of drug-likeness (QED) is 0.774. The molecule has 1 aliphatic heterocycles. The van der Waals surface area contributed by atoms with E-state index in [0.717, 1.165) is 19.5 Å². The first-order valence-corrected chi connectivity index (χ1v) is 6.07. The van der Waals surface area contributed by atoms with Crippen LogP contribution in [0.2, 0.25) is 0 Å². The topological polar surface area (TPSA) is 23.6 Å². The van der Waals surface area contributed by atoms with E-state index in [-0.39, 0.29) is 5.91 Å². The predicted molar refractivity (Wildman–Crippen MR) is 68.6 cm³/mol.